The van der Waals surface area contributed by atoms with E-state index < -0.39 is 0 Å². The number of ether oxygens (including phenoxy) is 1. The quantitative estimate of drug-likeness (QED) is 0.863. The fraction of sp³-hybridized carbons (Fsp3) is 0.333. The minimum Gasteiger partial charge on any atom is -0.488 e. The number of rotatable bonds is 1. The van der Waals surface area contributed by atoms with Gasteiger partial charge in [-0.2, -0.15) is 5.10 Å². The van der Waals surface area contributed by atoms with Crippen LogP contribution in [0.15, 0.2) is 24.3 Å². The van der Waals surface area contributed by atoms with Crippen molar-refractivity contribution in [3.8, 4) is 17.0 Å². The van der Waals surface area contributed by atoms with E-state index >= 15 is 0 Å². The Morgan fingerprint density at radius 1 is 1.25 bits per heavy atom. The number of carbonyl (C=O) groups excluding carboxylic acids is 1. The lowest BCUT2D eigenvalue weighted by Crippen LogP contribution is -2.29. The van der Waals surface area contributed by atoms with Gasteiger partial charge in [-0.1, -0.05) is 12.1 Å². The molecule has 0 saturated carbocycles. The highest BCUT2D eigenvalue weighted by Gasteiger charge is 2.29. The molecule has 1 aromatic carbocycles. The Morgan fingerprint density at radius 3 is 2.90 bits per heavy atom. The summed E-state index contributed by atoms with van der Waals surface area (Å²) >= 11 is 0. The number of fused-ring (bicyclic) bond motifs is 3. The van der Waals surface area contributed by atoms with Crippen molar-refractivity contribution in [1.29, 1.82) is 0 Å². The lowest BCUT2D eigenvalue weighted by Gasteiger charge is -2.19. The van der Waals surface area contributed by atoms with Crippen molar-refractivity contribution in [2.24, 2.45) is 0 Å². The van der Waals surface area contributed by atoms with E-state index in [9.17, 15) is 4.79 Å². The normalized spacial score (nSPS) is 16.5. The van der Waals surface area contributed by atoms with Crippen LogP contribution in [-0.4, -0.2) is 34.1 Å². The number of para-hydroxylation sites is 1. The Morgan fingerprint density at radius 2 is 2.05 bits per heavy atom. The van der Waals surface area contributed by atoms with Crippen molar-refractivity contribution in [2.75, 3.05) is 13.1 Å². The molecular weight excluding hydrogens is 254 g/mol. The van der Waals surface area contributed by atoms with Gasteiger partial charge in [0.25, 0.3) is 5.91 Å². The maximum atomic E-state index is 12.5. The van der Waals surface area contributed by atoms with Crippen LogP contribution in [0, 0.1) is 0 Å². The molecule has 5 heteroatoms. The lowest BCUT2D eigenvalue weighted by molar-refractivity contribution is 0.0784. The molecule has 0 unspecified atom stereocenters. The second-order valence-electron chi connectivity index (χ2n) is 5.21. The van der Waals surface area contributed by atoms with Crippen LogP contribution in [0.1, 0.15) is 28.9 Å². The summed E-state index contributed by atoms with van der Waals surface area (Å²) in [6.07, 6.45) is 2.17. The van der Waals surface area contributed by atoms with Crippen LogP contribution in [0.2, 0.25) is 0 Å². The summed E-state index contributed by atoms with van der Waals surface area (Å²) in [4.78, 5) is 14.4. The molecule has 1 fully saturated rings. The molecule has 2 aromatic rings. The van der Waals surface area contributed by atoms with Gasteiger partial charge in [-0.25, -0.2) is 0 Å². The highest BCUT2D eigenvalue weighted by molar-refractivity contribution is 5.96. The minimum absolute atomic E-state index is 0.0410. The number of aromatic nitrogens is 2. The van der Waals surface area contributed by atoms with E-state index in [0.29, 0.717) is 12.3 Å². The number of benzene rings is 1. The van der Waals surface area contributed by atoms with Crippen LogP contribution >= 0.6 is 0 Å². The minimum atomic E-state index is 0.0410. The first-order valence-electron chi connectivity index (χ1n) is 6.93. The van der Waals surface area contributed by atoms with E-state index in [0.717, 1.165) is 48.5 Å². The lowest BCUT2D eigenvalue weighted by atomic mass is 10.0. The number of aromatic amines is 1. The van der Waals surface area contributed by atoms with Crippen LogP contribution in [0.4, 0.5) is 0 Å². The molecule has 2 aliphatic heterocycles. The van der Waals surface area contributed by atoms with Gasteiger partial charge in [-0.3, -0.25) is 9.89 Å². The molecule has 1 N–H and O–H groups in total. The SMILES string of the molecule is O=C(c1[nH]nc2c1COc1ccccc1-2)N1CCCC1. The average Bonchev–Trinajstić information content (AvgIpc) is 3.16. The second kappa shape index (κ2) is 4.37. The average molecular weight is 269 g/mol. The molecule has 1 saturated heterocycles. The molecule has 3 heterocycles. The van der Waals surface area contributed by atoms with E-state index in [-0.39, 0.29) is 5.91 Å². The van der Waals surface area contributed by atoms with Crippen molar-refractivity contribution in [3.05, 3.63) is 35.5 Å². The topological polar surface area (TPSA) is 58.2 Å². The Balaban J connectivity index is 1.75. The highest BCUT2D eigenvalue weighted by atomic mass is 16.5. The zero-order valence-electron chi connectivity index (χ0n) is 11.1. The number of hydrogen-bond acceptors (Lipinski definition) is 3. The number of likely N-dealkylation sites (tertiary alicyclic amines) is 1. The number of nitrogens with one attached hydrogen (secondary N) is 1. The van der Waals surface area contributed by atoms with Gasteiger partial charge < -0.3 is 9.64 Å². The summed E-state index contributed by atoms with van der Waals surface area (Å²) in [5.74, 6) is 0.867. The van der Waals surface area contributed by atoms with Crippen molar-refractivity contribution >= 4 is 5.91 Å². The predicted molar refractivity (Wildman–Crippen MR) is 73.5 cm³/mol. The highest BCUT2D eigenvalue weighted by Crippen LogP contribution is 2.37. The summed E-state index contributed by atoms with van der Waals surface area (Å²) in [6, 6.07) is 7.79. The summed E-state index contributed by atoms with van der Waals surface area (Å²) in [7, 11) is 0. The molecule has 4 rings (SSSR count). The van der Waals surface area contributed by atoms with E-state index in [1.54, 1.807) is 0 Å². The van der Waals surface area contributed by atoms with Gasteiger partial charge in [0.15, 0.2) is 0 Å². The first-order valence-corrected chi connectivity index (χ1v) is 6.93. The smallest absolute Gasteiger partial charge is 0.272 e. The standard InChI is InChI=1S/C15H15N3O2/c19-15(18-7-3-4-8-18)14-11-9-20-12-6-2-1-5-10(12)13(11)16-17-14/h1-2,5-6H,3-4,7-9H2,(H,16,17). The van der Waals surface area contributed by atoms with Crippen LogP contribution in [0.25, 0.3) is 11.3 Å². The monoisotopic (exact) mass is 269 g/mol. The molecule has 0 spiro atoms. The first kappa shape index (κ1) is 11.5. The maximum absolute atomic E-state index is 12.5. The van der Waals surface area contributed by atoms with Gasteiger partial charge in [0.1, 0.15) is 23.7 Å². The maximum Gasteiger partial charge on any atom is 0.272 e. The molecule has 2 aliphatic rings. The molecule has 1 amide bonds. The summed E-state index contributed by atoms with van der Waals surface area (Å²) in [5, 5.41) is 7.25. The van der Waals surface area contributed by atoms with E-state index in [1.165, 1.54) is 0 Å². The number of amides is 1. The molecule has 1 aromatic heterocycles. The Hall–Kier alpha value is -2.30. The molecule has 102 valence electrons. The van der Waals surface area contributed by atoms with Gasteiger partial charge in [-0.15, -0.1) is 0 Å². The van der Waals surface area contributed by atoms with Crippen LogP contribution in [0.5, 0.6) is 5.75 Å². The Bertz CT molecular complexity index is 672. The third kappa shape index (κ3) is 1.62. The van der Waals surface area contributed by atoms with Crippen molar-refractivity contribution in [3.63, 3.8) is 0 Å². The van der Waals surface area contributed by atoms with Gasteiger partial charge in [0, 0.05) is 24.2 Å². The van der Waals surface area contributed by atoms with Gasteiger partial charge in [0.2, 0.25) is 0 Å². The fourth-order valence-electron chi connectivity index (χ4n) is 2.92. The first-order chi connectivity index (χ1) is 9.84. The van der Waals surface area contributed by atoms with E-state index in [4.69, 9.17) is 4.74 Å². The van der Waals surface area contributed by atoms with Gasteiger partial charge >= 0.3 is 0 Å². The summed E-state index contributed by atoms with van der Waals surface area (Å²) in [6.45, 7) is 2.08. The summed E-state index contributed by atoms with van der Waals surface area (Å²) < 4.78 is 5.73. The molecule has 0 aliphatic carbocycles. The van der Waals surface area contributed by atoms with Gasteiger partial charge in [-0.05, 0) is 25.0 Å². The zero-order chi connectivity index (χ0) is 13.5. The Kier molecular flexibility index (Phi) is 2.52. The molecule has 5 nitrogen and oxygen atoms in total. The number of hydrogen-bond donors (Lipinski definition) is 1. The molecule has 0 bridgehead atoms. The largest absolute Gasteiger partial charge is 0.488 e. The van der Waals surface area contributed by atoms with E-state index in [2.05, 4.69) is 10.2 Å². The van der Waals surface area contributed by atoms with Gasteiger partial charge in [0.05, 0.1) is 0 Å². The van der Waals surface area contributed by atoms with Crippen molar-refractivity contribution in [2.45, 2.75) is 19.4 Å². The van der Waals surface area contributed by atoms with Crippen molar-refractivity contribution in [1.82, 2.24) is 15.1 Å². The molecular formula is C15H15N3O2. The predicted octanol–water partition coefficient (Wildman–Crippen LogP) is 2.21. The summed E-state index contributed by atoms with van der Waals surface area (Å²) in [5.41, 5.74) is 3.25. The second-order valence-corrected chi connectivity index (χ2v) is 5.21. The molecule has 0 atom stereocenters. The third-order valence-corrected chi connectivity index (χ3v) is 3.99. The Labute approximate surface area is 116 Å². The zero-order valence-corrected chi connectivity index (χ0v) is 11.1. The molecule has 0 radical (unpaired) electrons. The fourth-order valence-corrected chi connectivity index (χ4v) is 2.92. The molecule has 20 heavy (non-hydrogen) atoms. The van der Waals surface area contributed by atoms with Crippen molar-refractivity contribution < 1.29 is 9.53 Å². The number of H-pyrrole nitrogens is 1. The number of nitrogens with zero attached hydrogens (tertiary/aromatic N) is 2. The number of carbonyl (C=O) groups is 1. The van der Waals surface area contributed by atoms with Crippen LogP contribution < -0.4 is 4.74 Å². The van der Waals surface area contributed by atoms with Crippen LogP contribution in [-0.2, 0) is 6.61 Å². The third-order valence-electron chi connectivity index (χ3n) is 3.99. The van der Waals surface area contributed by atoms with E-state index in [1.807, 2.05) is 29.2 Å². The van der Waals surface area contributed by atoms with Crippen LogP contribution in [0.3, 0.4) is 0 Å².